The molecule has 0 heterocycles. The number of hydrogen-bond donors (Lipinski definition) is 0. The molecule has 0 radical (unpaired) electrons. The molecule has 4 rings (SSSR count). The predicted octanol–water partition coefficient (Wildman–Crippen LogP) is 13.2. The molecule has 0 aliphatic carbocycles. The Kier molecular flexibility index (Phi) is 22.3. The molecule has 0 amide bonds. The monoisotopic (exact) mass is 847 g/mol. The maximum absolute atomic E-state index is 12.2. The number of esters is 2. The van der Waals surface area contributed by atoms with Crippen molar-refractivity contribution in [3.63, 3.8) is 0 Å². The highest BCUT2D eigenvalue weighted by atomic mass is 16.5. The summed E-state index contributed by atoms with van der Waals surface area (Å²) >= 11 is 0. The van der Waals surface area contributed by atoms with E-state index in [9.17, 15) is 9.59 Å². The van der Waals surface area contributed by atoms with Crippen molar-refractivity contribution in [1.29, 1.82) is 0 Å². The molecule has 8 nitrogen and oxygen atoms in total. The van der Waals surface area contributed by atoms with Crippen molar-refractivity contribution in [2.24, 2.45) is 11.8 Å². The minimum atomic E-state index is -0.326. The zero-order valence-electron chi connectivity index (χ0n) is 38.1. The first-order chi connectivity index (χ1) is 30.1. The summed E-state index contributed by atoms with van der Waals surface area (Å²) in [7, 11) is 0. The van der Waals surface area contributed by atoms with Crippen LogP contribution in [-0.2, 0) is 19.1 Å². The van der Waals surface area contributed by atoms with E-state index >= 15 is 0 Å². The molecule has 62 heavy (non-hydrogen) atoms. The molecule has 0 aliphatic rings. The molecule has 0 saturated heterocycles. The Labute approximate surface area is 371 Å². The Bertz CT molecular complexity index is 1970. The first-order valence-electron chi connectivity index (χ1n) is 22.7. The van der Waals surface area contributed by atoms with E-state index in [1.165, 1.54) is 12.2 Å². The third-order valence-corrected chi connectivity index (χ3v) is 10.3. The fraction of sp³-hybridized carbons (Fsp3) is 0.444. The molecule has 0 fully saturated rings. The second-order valence-electron chi connectivity index (χ2n) is 16.6. The van der Waals surface area contributed by atoms with E-state index in [1.54, 1.807) is 12.2 Å². The second-order valence-corrected chi connectivity index (χ2v) is 16.6. The van der Waals surface area contributed by atoms with Crippen molar-refractivity contribution in [1.82, 2.24) is 0 Å². The van der Waals surface area contributed by atoms with E-state index in [0.29, 0.717) is 51.5 Å². The number of carbonyl (C=O) groups is 2. The van der Waals surface area contributed by atoms with Crippen molar-refractivity contribution < 1.29 is 38.0 Å². The topological polar surface area (TPSA) is 89.5 Å². The van der Waals surface area contributed by atoms with E-state index in [0.717, 1.165) is 121 Å². The predicted molar refractivity (Wildman–Crippen MR) is 252 cm³/mol. The molecule has 0 saturated carbocycles. The molecule has 0 unspecified atom stereocenters. The van der Waals surface area contributed by atoms with Gasteiger partial charge in [0, 0.05) is 23.3 Å². The molecule has 0 atom stereocenters. The lowest BCUT2D eigenvalue weighted by molar-refractivity contribution is -0.138. The van der Waals surface area contributed by atoms with Gasteiger partial charge in [0.2, 0.25) is 0 Å². The van der Waals surface area contributed by atoms with Crippen LogP contribution < -0.4 is 18.9 Å². The van der Waals surface area contributed by atoms with Crippen LogP contribution in [0.4, 0.5) is 0 Å². The van der Waals surface area contributed by atoms with Gasteiger partial charge in [-0.15, -0.1) is 0 Å². The molecule has 0 aromatic heterocycles. The highest BCUT2D eigenvalue weighted by Crippen LogP contribution is 2.43. The Hall–Kier alpha value is -5.50. The van der Waals surface area contributed by atoms with Crippen molar-refractivity contribution >= 4 is 24.1 Å². The van der Waals surface area contributed by atoms with Gasteiger partial charge < -0.3 is 28.4 Å². The summed E-state index contributed by atoms with van der Waals surface area (Å²) < 4.78 is 36.7. The number of rotatable bonds is 29. The molecule has 0 aliphatic heterocycles. The normalized spacial score (nSPS) is 11.4. The average molecular weight is 847 g/mol. The van der Waals surface area contributed by atoms with Crippen LogP contribution in [0.2, 0.25) is 0 Å². The lowest BCUT2D eigenvalue weighted by Crippen LogP contribution is -2.07. The van der Waals surface area contributed by atoms with Gasteiger partial charge in [0.1, 0.15) is 23.0 Å². The maximum atomic E-state index is 12.2. The molecule has 0 N–H and O–H groups in total. The van der Waals surface area contributed by atoms with E-state index in [4.69, 9.17) is 28.4 Å². The lowest BCUT2D eigenvalue weighted by atomic mass is 9.98. The number of hydrogen-bond acceptors (Lipinski definition) is 8. The van der Waals surface area contributed by atoms with Crippen molar-refractivity contribution in [2.75, 3.05) is 39.6 Å². The number of aryl methyl sites for hydroxylation is 2. The maximum Gasteiger partial charge on any atom is 0.330 e. The molecular formula is C54H70O8. The summed E-state index contributed by atoms with van der Waals surface area (Å²) in [6.45, 7) is 16.1. The van der Waals surface area contributed by atoms with Gasteiger partial charge in [-0.05, 0) is 149 Å². The molecule has 8 heteroatoms. The van der Waals surface area contributed by atoms with E-state index < -0.39 is 0 Å². The van der Waals surface area contributed by atoms with Gasteiger partial charge >= 0.3 is 11.9 Å². The van der Waals surface area contributed by atoms with E-state index in [2.05, 4.69) is 65.8 Å². The van der Waals surface area contributed by atoms with Gasteiger partial charge in [-0.1, -0.05) is 88.4 Å². The van der Waals surface area contributed by atoms with Crippen LogP contribution in [-0.4, -0.2) is 51.6 Å². The third kappa shape index (κ3) is 19.0. The quantitative estimate of drug-likeness (QED) is 0.0303. The van der Waals surface area contributed by atoms with Crippen LogP contribution in [0, 0.1) is 25.7 Å². The van der Waals surface area contributed by atoms with Crippen LogP contribution >= 0.6 is 0 Å². The highest BCUT2D eigenvalue weighted by Gasteiger charge is 2.19. The van der Waals surface area contributed by atoms with Crippen molar-refractivity contribution in [2.45, 2.75) is 106 Å². The zero-order chi connectivity index (χ0) is 44.4. The summed E-state index contributed by atoms with van der Waals surface area (Å²) in [5.41, 5.74) is 5.76. The molecule has 0 spiro atoms. The van der Waals surface area contributed by atoms with Crippen molar-refractivity contribution in [3.8, 4) is 34.1 Å². The Balaban J connectivity index is 1.37. The van der Waals surface area contributed by atoms with Crippen LogP contribution in [0.3, 0.4) is 0 Å². The number of benzene rings is 4. The minimum absolute atomic E-state index is 0.324. The zero-order valence-corrected chi connectivity index (χ0v) is 38.1. The smallest absolute Gasteiger partial charge is 0.330 e. The van der Waals surface area contributed by atoms with Gasteiger partial charge in [0.25, 0.3) is 0 Å². The van der Waals surface area contributed by atoms with Gasteiger partial charge in [-0.2, -0.15) is 0 Å². The summed E-state index contributed by atoms with van der Waals surface area (Å²) in [6, 6.07) is 27.8. The summed E-state index contributed by atoms with van der Waals surface area (Å²) in [5.74, 6) is 3.60. The summed E-state index contributed by atoms with van der Waals surface area (Å²) in [6.07, 6.45) is 15.5. The van der Waals surface area contributed by atoms with Crippen LogP contribution in [0.1, 0.15) is 114 Å². The Morgan fingerprint density at radius 3 is 1.21 bits per heavy atom. The average Bonchev–Trinajstić information content (AvgIpc) is 3.25. The standard InChI is InChI=1S/C54H70O8/c1-41(2)29-35-59-50-40-48(52(38-44(50)6)60-36-30-42(3)4)47-39-49(57-31-17-7-9-19-33-61-53(55)27-25-45-21-13-11-14-22-45)43(5)37-51(47)58-32-18-8-10-20-34-62-54(56)28-26-46-23-15-12-16-24-46/h11-16,21-28,37-42H,7-10,17-20,29-36H2,1-6H3. The van der Waals surface area contributed by atoms with Crippen LogP contribution in [0.25, 0.3) is 23.3 Å². The molecule has 4 aromatic carbocycles. The Morgan fingerprint density at radius 1 is 0.452 bits per heavy atom. The first-order valence-corrected chi connectivity index (χ1v) is 22.7. The minimum Gasteiger partial charge on any atom is -0.493 e. The van der Waals surface area contributed by atoms with Gasteiger partial charge in [0.15, 0.2) is 0 Å². The van der Waals surface area contributed by atoms with Crippen LogP contribution in [0.5, 0.6) is 23.0 Å². The molecular weight excluding hydrogens is 777 g/mol. The number of unbranched alkanes of at least 4 members (excludes halogenated alkanes) is 6. The molecule has 0 bridgehead atoms. The lowest BCUT2D eigenvalue weighted by Gasteiger charge is -2.21. The molecule has 4 aromatic rings. The van der Waals surface area contributed by atoms with Gasteiger partial charge in [-0.25, -0.2) is 9.59 Å². The molecule has 334 valence electrons. The SMILES string of the molecule is Cc1cc(OCCCCCCOC(=O)C=Cc2ccccc2)c(-c2cc(OCCC(C)C)c(C)cc2OCCC(C)C)cc1OCCCCCCOC(=O)C=Cc1ccccc1. The van der Waals surface area contributed by atoms with Crippen LogP contribution in [0.15, 0.2) is 97.1 Å². The largest absolute Gasteiger partial charge is 0.493 e. The number of ether oxygens (including phenoxy) is 6. The van der Waals surface area contributed by atoms with E-state index in [1.807, 2.05) is 60.7 Å². The summed E-state index contributed by atoms with van der Waals surface area (Å²) in [4.78, 5) is 24.3. The van der Waals surface area contributed by atoms with Crippen molar-refractivity contribution in [3.05, 3.63) is 119 Å². The third-order valence-electron chi connectivity index (χ3n) is 10.3. The fourth-order valence-corrected chi connectivity index (χ4v) is 6.48. The van der Waals surface area contributed by atoms with E-state index in [-0.39, 0.29) is 11.9 Å². The first kappa shape index (κ1) is 49.2. The van der Waals surface area contributed by atoms with Gasteiger partial charge in [0.05, 0.1) is 39.6 Å². The Morgan fingerprint density at radius 2 is 0.806 bits per heavy atom. The second kappa shape index (κ2) is 28.2. The van der Waals surface area contributed by atoms with Gasteiger partial charge in [-0.3, -0.25) is 0 Å². The number of carbonyl (C=O) groups excluding carboxylic acids is 2. The highest BCUT2D eigenvalue weighted by molar-refractivity contribution is 5.87. The fourth-order valence-electron chi connectivity index (χ4n) is 6.48. The summed E-state index contributed by atoms with van der Waals surface area (Å²) in [5, 5.41) is 0.